The Kier molecular flexibility index (Phi) is 9.35. The van der Waals surface area contributed by atoms with Crippen molar-refractivity contribution in [1.82, 2.24) is 4.90 Å². The fourth-order valence-corrected chi connectivity index (χ4v) is 2.41. The molecule has 0 saturated carbocycles. The van der Waals surface area contributed by atoms with Gasteiger partial charge in [0.1, 0.15) is 0 Å². The van der Waals surface area contributed by atoms with Crippen molar-refractivity contribution in [3.8, 4) is 0 Å². The molecule has 118 valence electrons. The van der Waals surface area contributed by atoms with Crippen LogP contribution in [0.1, 0.15) is 67.7 Å². The van der Waals surface area contributed by atoms with E-state index in [1.54, 1.807) is 4.90 Å². The maximum Gasteiger partial charge on any atom is 0.410 e. The minimum absolute atomic E-state index is 0.179. The summed E-state index contributed by atoms with van der Waals surface area (Å²) in [6.07, 6.45) is 5.20. The maximum atomic E-state index is 12.0. The van der Waals surface area contributed by atoms with Gasteiger partial charge < -0.3 is 9.64 Å². The monoisotopic (exact) mass is 283 g/mol. The predicted molar refractivity (Wildman–Crippen MR) is 85.9 cm³/mol. The molecule has 0 aliphatic carbocycles. The lowest BCUT2D eigenvalue weighted by molar-refractivity contribution is 0.0780. The first-order valence-electron chi connectivity index (χ1n) is 7.88. The predicted octanol–water partition coefficient (Wildman–Crippen LogP) is 5.01. The van der Waals surface area contributed by atoms with E-state index in [0.717, 1.165) is 19.3 Å². The topological polar surface area (TPSA) is 29.5 Å². The zero-order valence-electron chi connectivity index (χ0n) is 14.4. The minimum atomic E-state index is -0.190. The summed E-state index contributed by atoms with van der Waals surface area (Å²) in [5.74, 6) is 0.610. The average Bonchev–Trinajstić information content (AvgIpc) is 2.26. The molecule has 0 saturated heterocycles. The molecule has 0 aromatic rings. The van der Waals surface area contributed by atoms with Gasteiger partial charge in [-0.05, 0) is 59.8 Å². The van der Waals surface area contributed by atoms with Crippen LogP contribution in [0.5, 0.6) is 0 Å². The number of carbonyl (C=O) groups is 1. The molecule has 0 atom stereocenters. The van der Waals surface area contributed by atoms with Gasteiger partial charge >= 0.3 is 6.09 Å². The average molecular weight is 283 g/mol. The number of hydrogen-bond acceptors (Lipinski definition) is 2. The molecule has 3 nitrogen and oxygen atoms in total. The van der Waals surface area contributed by atoms with Gasteiger partial charge in [0.2, 0.25) is 0 Å². The summed E-state index contributed by atoms with van der Waals surface area (Å²) in [7, 11) is 0. The van der Waals surface area contributed by atoms with Crippen molar-refractivity contribution in [1.29, 1.82) is 0 Å². The first-order valence-corrected chi connectivity index (χ1v) is 7.88. The molecule has 0 bridgehead atoms. The molecule has 0 unspecified atom stereocenters. The second kappa shape index (κ2) is 9.84. The number of nitrogens with zero attached hydrogens (tertiary/aromatic N) is 1. The lowest BCUT2D eigenvalue weighted by Crippen LogP contribution is -2.42. The van der Waals surface area contributed by atoms with Crippen LogP contribution in [0.25, 0.3) is 0 Å². The van der Waals surface area contributed by atoms with Crippen molar-refractivity contribution >= 4 is 6.09 Å². The van der Waals surface area contributed by atoms with Gasteiger partial charge in [0.25, 0.3) is 0 Å². The van der Waals surface area contributed by atoms with Crippen molar-refractivity contribution in [2.45, 2.75) is 79.8 Å². The molecule has 0 fully saturated rings. The molecule has 0 spiro atoms. The first-order chi connectivity index (χ1) is 9.25. The van der Waals surface area contributed by atoms with Crippen LogP contribution >= 0.6 is 0 Å². The molecule has 1 amide bonds. The van der Waals surface area contributed by atoms with Crippen molar-refractivity contribution in [2.75, 3.05) is 6.61 Å². The molecule has 0 aliphatic heterocycles. The van der Waals surface area contributed by atoms with E-state index in [9.17, 15) is 4.79 Å². The van der Waals surface area contributed by atoms with Gasteiger partial charge in [-0.1, -0.05) is 25.5 Å². The van der Waals surface area contributed by atoms with Crippen LogP contribution in [0.4, 0.5) is 4.79 Å². The number of ether oxygens (including phenoxy) is 1. The Morgan fingerprint density at radius 3 is 2.05 bits per heavy atom. The van der Waals surface area contributed by atoms with Crippen LogP contribution in [0.2, 0.25) is 0 Å². The quantitative estimate of drug-likeness (QED) is 0.462. The zero-order chi connectivity index (χ0) is 15.7. The summed E-state index contributed by atoms with van der Waals surface area (Å²) in [5, 5.41) is 0. The summed E-state index contributed by atoms with van der Waals surface area (Å²) in [6.45, 7) is 15.1. The van der Waals surface area contributed by atoms with E-state index in [1.165, 1.54) is 5.57 Å². The third-order valence-corrected chi connectivity index (χ3v) is 3.13. The van der Waals surface area contributed by atoms with Gasteiger partial charge in [-0.2, -0.15) is 0 Å². The van der Waals surface area contributed by atoms with Gasteiger partial charge in [-0.25, -0.2) is 4.79 Å². The van der Waals surface area contributed by atoms with E-state index in [1.807, 2.05) is 27.7 Å². The van der Waals surface area contributed by atoms with Crippen LogP contribution in [-0.2, 0) is 4.74 Å². The van der Waals surface area contributed by atoms with Crippen molar-refractivity contribution < 1.29 is 9.53 Å². The Labute approximate surface area is 125 Å². The molecule has 20 heavy (non-hydrogen) atoms. The van der Waals surface area contributed by atoms with E-state index in [0.29, 0.717) is 12.5 Å². The number of rotatable bonds is 8. The SMILES string of the molecule is C/C(=C/C(C)C)CCCCOC(=O)N(C(C)C)C(C)C. The van der Waals surface area contributed by atoms with Crippen molar-refractivity contribution in [3.63, 3.8) is 0 Å². The second-order valence-electron chi connectivity index (χ2n) is 6.42. The molecule has 0 heterocycles. The van der Waals surface area contributed by atoms with Crippen molar-refractivity contribution in [2.24, 2.45) is 5.92 Å². The fourth-order valence-electron chi connectivity index (χ4n) is 2.41. The highest BCUT2D eigenvalue weighted by Gasteiger charge is 2.20. The van der Waals surface area contributed by atoms with Gasteiger partial charge in [0, 0.05) is 12.1 Å². The molecular formula is C17H33NO2. The molecular weight excluding hydrogens is 250 g/mol. The summed E-state index contributed by atoms with van der Waals surface area (Å²) in [5.41, 5.74) is 1.43. The first kappa shape index (κ1) is 19.0. The normalized spacial score (nSPS) is 12.4. The van der Waals surface area contributed by atoms with Crippen LogP contribution < -0.4 is 0 Å². The number of allylic oxidation sites excluding steroid dienone is 2. The highest BCUT2D eigenvalue weighted by atomic mass is 16.6. The molecule has 0 aromatic heterocycles. The largest absolute Gasteiger partial charge is 0.449 e. The van der Waals surface area contributed by atoms with Crippen LogP contribution in [0.15, 0.2) is 11.6 Å². The van der Waals surface area contributed by atoms with E-state index >= 15 is 0 Å². The fraction of sp³-hybridized carbons (Fsp3) is 0.824. The molecule has 0 aliphatic rings. The summed E-state index contributed by atoms with van der Waals surface area (Å²) >= 11 is 0. The number of hydrogen-bond donors (Lipinski definition) is 0. The Bertz CT molecular complexity index is 298. The highest BCUT2D eigenvalue weighted by Crippen LogP contribution is 2.11. The highest BCUT2D eigenvalue weighted by molar-refractivity contribution is 5.68. The Morgan fingerprint density at radius 1 is 1.05 bits per heavy atom. The number of unbranched alkanes of at least 4 members (excludes halogenated alkanes) is 1. The van der Waals surface area contributed by atoms with Crippen LogP contribution in [0, 0.1) is 5.92 Å². The van der Waals surface area contributed by atoms with E-state index in [-0.39, 0.29) is 18.2 Å². The summed E-state index contributed by atoms with van der Waals surface area (Å²) < 4.78 is 5.36. The Morgan fingerprint density at radius 2 is 1.60 bits per heavy atom. The molecule has 0 N–H and O–H groups in total. The minimum Gasteiger partial charge on any atom is -0.449 e. The Hall–Kier alpha value is -0.990. The smallest absolute Gasteiger partial charge is 0.410 e. The molecule has 0 radical (unpaired) electrons. The van der Waals surface area contributed by atoms with E-state index < -0.39 is 0 Å². The van der Waals surface area contributed by atoms with Crippen molar-refractivity contribution in [3.05, 3.63) is 11.6 Å². The molecule has 0 aromatic carbocycles. The third-order valence-electron chi connectivity index (χ3n) is 3.13. The van der Waals surface area contributed by atoms with E-state index in [2.05, 4.69) is 26.8 Å². The van der Waals surface area contributed by atoms with Crippen LogP contribution in [-0.4, -0.2) is 29.7 Å². The zero-order valence-corrected chi connectivity index (χ0v) is 14.4. The summed E-state index contributed by atoms with van der Waals surface area (Å²) in [6, 6.07) is 0.359. The number of amides is 1. The maximum absolute atomic E-state index is 12.0. The second-order valence-corrected chi connectivity index (χ2v) is 6.42. The Balaban J connectivity index is 3.93. The standard InChI is InChI=1S/C17H33NO2/c1-13(2)12-16(7)10-8-9-11-20-17(19)18(14(3)4)15(5)6/h12-15H,8-11H2,1-7H3/b16-12-. The van der Waals surface area contributed by atoms with Gasteiger partial charge in [0.15, 0.2) is 0 Å². The molecule has 0 rings (SSSR count). The van der Waals surface area contributed by atoms with Gasteiger partial charge in [0.05, 0.1) is 6.61 Å². The van der Waals surface area contributed by atoms with E-state index in [4.69, 9.17) is 4.74 Å². The van der Waals surface area contributed by atoms with Crippen LogP contribution in [0.3, 0.4) is 0 Å². The van der Waals surface area contributed by atoms with Gasteiger partial charge in [-0.3, -0.25) is 0 Å². The third kappa shape index (κ3) is 8.23. The number of carbonyl (C=O) groups excluding carboxylic acids is 1. The lowest BCUT2D eigenvalue weighted by atomic mass is 10.1. The molecule has 3 heteroatoms. The lowest BCUT2D eigenvalue weighted by Gasteiger charge is -2.29. The van der Waals surface area contributed by atoms with Gasteiger partial charge in [-0.15, -0.1) is 0 Å². The summed E-state index contributed by atoms with van der Waals surface area (Å²) in [4.78, 5) is 13.7.